The van der Waals surface area contributed by atoms with Crippen molar-refractivity contribution in [2.45, 2.75) is 11.1 Å². The third-order valence-corrected chi connectivity index (χ3v) is 5.16. The first-order valence-corrected chi connectivity index (χ1v) is 7.59. The van der Waals surface area contributed by atoms with Gasteiger partial charge in [0.2, 0.25) is 0 Å². The van der Waals surface area contributed by atoms with Crippen LogP contribution in [0.2, 0.25) is 0 Å². The highest BCUT2D eigenvalue weighted by Crippen LogP contribution is 2.34. The molecule has 0 fully saturated rings. The number of thioether (sulfide) groups is 1. The molecule has 3 rings (SSSR count). The van der Waals surface area contributed by atoms with Crippen LogP contribution in [0.3, 0.4) is 0 Å². The lowest BCUT2D eigenvalue weighted by atomic mass is 10.2. The van der Waals surface area contributed by atoms with Crippen LogP contribution in [0.25, 0.3) is 15.9 Å². The van der Waals surface area contributed by atoms with Crippen LogP contribution >= 0.6 is 23.1 Å². The summed E-state index contributed by atoms with van der Waals surface area (Å²) < 4.78 is 2.91. The third kappa shape index (κ3) is 1.74. The fourth-order valence-electron chi connectivity index (χ4n) is 1.97. The van der Waals surface area contributed by atoms with Crippen LogP contribution in [0.1, 0.15) is 11.1 Å². The van der Waals surface area contributed by atoms with Gasteiger partial charge in [0, 0.05) is 6.20 Å². The molecule has 0 saturated heterocycles. The largest absolute Gasteiger partial charge is 0.275 e. The molecule has 3 aromatic heterocycles. The van der Waals surface area contributed by atoms with Crippen molar-refractivity contribution in [2.24, 2.45) is 0 Å². The van der Waals surface area contributed by atoms with Gasteiger partial charge in [0.25, 0.3) is 5.56 Å². The molecule has 0 radical (unpaired) electrons. The highest BCUT2D eigenvalue weighted by molar-refractivity contribution is 8.00. The molecule has 0 N–H and O–H groups in total. The fourth-order valence-corrected chi connectivity index (χ4v) is 3.76. The molecule has 0 aliphatic carbocycles. The van der Waals surface area contributed by atoms with Gasteiger partial charge in [0.15, 0.2) is 0 Å². The molecule has 0 atom stereocenters. The number of nitriles is 1. The van der Waals surface area contributed by atoms with Gasteiger partial charge < -0.3 is 0 Å². The van der Waals surface area contributed by atoms with Gasteiger partial charge in [-0.25, -0.2) is 4.98 Å². The summed E-state index contributed by atoms with van der Waals surface area (Å²) >= 11 is 2.81. The number of hydrogen-bond acceptors (Lipinski definition) is 5. The summed E-state index contributed by atoms with van der Waals surface area (Å²) in [6.45, 7) is 1.95. The predicted molar refractivity (Wildman–Crippen MR) is 78.1 cm³/mol. The standard InChI is InChI=1S/C13H9N3OS2/c1-7-3-4-16-9(5-7)15-10-8(6-14)13(18-2)19-11(10)12(16)17/h3-5H,1-2H3. The number of fused-ring (bicyclic) bond motifs is 2. The smallest absolute Gasteiger partial charge is 0.267 e. The van der Waals surface area contributed by atoms with Crippen molar-refractivity contribution < 1.29 is 0 Å². The Morgan fingerprint density at radius 3 is 3.00 bits per heavy atom. The van der Waals surface area contributed by atoms with Gasteiger partial charge >= 0.3 is 0 Å². The van der Waals surface area contributed by atoms with E-state index in [0.29, 0.717) is 21.4 Å². The zero-order chi connectivity index (χ0) is 13.6. The predicted octanol–water partition coefficient (Wildman–Crippen LogP) is 2.81. The van der Waals surface area contributed by atoms with Crippen molar-refractivity contribution in [1.29, 1.82) is 5.26 Å². The monoisotopic (exact) mass is 287 g/mol. The first kappa shape index (κ1) is 12.2. The van der Waals surface area contributed by atoms with E-state index in [1.54, 1.807) is 6.20 Å². The Balaban J connectivity index is 2.57. The summed E-state index contributed by atoms with van der Waals surface area (Å²) in [5.74, 6) is 0. The second-order valence-corrected chi connectivity index (χ2v) is 6.20. The fraction of sp³-hybridized carbons (Fsp3) is 0.154. The van der Waals surface area contributed by atoms with E-state index in [9.17, 15) is 10.1 Å². The maximum atomic E-state index is 12.4. The lowest BCUT2D eigenvalue weighted by Crippen LogP contribution is -2.13. The van der Waals surface area contributed by atoms with E-state index in [4.69, 9.17) is 0 Å². The average Bonchev–Trinajstić information content (AvgIpc) is 2.76. The highest BCUT2D eigenvalue weighted by atomic mass is 32.2. The van der Waals surface area contributed by atoms with Crippen LogP contribution in [-0.4, -0.2) is 15.6 Å². The van der Waals surface area contributed by atoms with E-state index in [2.05, 4.69) is 11.1 Å². The van der Waals surface area contributed by atoms with Gasteiger partial charge in [0.1, 0.15) is 27.5 Å². The second kappa shape index (κ2) is 4.37. The molecule has 0 saturated carbocycles. The maximum Gasteiger partial charge on any atom is 0.275 e. The highest BCUT2D eigenvalue weighted by Gasteiger charge is 2.16. The number of pyridine rings is 1. The summed E-state index contributed by atoms with van der Waals surface area (Å²) in [4.78, 5) is 16.9. The molecular weight excluding hydrogens is 278 g/mol. The van der Waals surface area contributed by atoms with Gasteiger partial charge in [-0.1, -0.05) is 0 Å². The summed E-state index contributed by atoms with van der Waals surface area (Å²) in [5, 5.41) is 9.25. The van der Waals surface area contributed by atoms with Crippen molar-refractivity contribution in [3.8, 4) is 6.07 Å². The summed E-state index contributed by atoms with van der Waals surface area (Å²) in [6.07, 6.45) is 3.62. The molecular formula is C13H9N3OS2. The van der Waals surface area contributed by atoms with Crippen molar-refractivity contribution in [2.75, 3.05) is 6.26 Å². The number of thiophene rings is 1. The van der Waals surface area contributed by atoms with Crippen LogP contribution in [0.15, 0.2) is 27.3 Å². The lowest BCUT2D eigenvalue weighted by Gasteiger charge is -2.01. The summed E-state index contributed by atoms with van der Waals surface area (Å²) in [7, 11) is 0. The van der Waals surface area contributed by atoms with E-state index in [0.717, 1.165) is 9.77 Å². The van der Waals surface area contributed by atoms with Crippen LogP contribution in [-0.2, 0) is 0 Å². The van der Waals surface area contributed by atoms with E-state index in [1.807, 2.05) is 25.3 Å². The van der Waals surface area contributed by atoms with Crippen LogP contribution < -0.4 is 5.56 Å². The Morgan fingerprint density at radius 2 is 2.32 bits per heavy atom. The Bertz CT molecular complexity index is 902. The van der Waals surface area contributed by atoms with Crippen molar-refractivity contribution in [3.63, 3.8) is 0 Å². The van der Waals surface area contributed by atoms with Crippen molar-refractivity contribution >= 4 is 39.0 Å². The Kier molecular flexibility index (Phi) is 2.81. The average molecular weight is 287 g/mol. The molecule has 4 nitrogen and oxygen atoms in total. The maximum absolute atomic E-state index is 12.4. The zero-order valence-electron chi connectivity index (χ0n) is 10.3. The van der Waals surface area contributed by atoms with Crippen molar-refractivity contribution in [1.82, 2.24) is 9.38 Å². The Labute approximate surface area is 117 Å². The minimum absolute atomic E-state index is 0.109. The molecule has 19 heavy (non-hydrogen) atoms. The molecule has 0 unspecified atom stereocenters. The van der Waals surface area contributed by atoms with Gasteiger partial charge in [-0.15, -0.1) is 23.1 Å². The van der Waals surface area contributed by atoms with Crippen LogP contribution in [0.4, 0.5) is 0 Å². The van der Waals surface area contributed by atoms with Gasteiger partial charge in [0.05, 0.1) is 4.21 Å². The number of hydrogen-bond donors (Lipinski definition) is 0. The molecule has 0 aliphatic heterocycles. The summed E-state index contributed by atoms with van der Waals surface area (Å²) in [5.41, 5.74) is 2.53. The molecule has 0 spiro atoms. The lowest BCUT2D eigenvalue weighted by molar-refractivity contribution is 1.07. The topological polar surface area (TPSA) is 58.2 Å². The zero-order valence-corrected chi connectivity index (χ0v) is 11.9. The molecule has 0 bridgehead atoms. The van der Waals surface area contributed by atoms with Crippen LogP contribution in [0, 0.1) is 18.3 Å². The van der Waals surface area contributed by atoms with Gasteiger partial charge in [-0.3, -0.25) is 9.20 Å². The number of nitrogens with zero attached hydrogens (tertiary/aromatic N) is 3. The molecule has 6 heteroatoms. The SMILES string of the molecule is CSc1sc2c(=O)n3ccc(C)cc3nc2c1C#N. The third-order valence-electron chi connectivity index (χ3n) is 2.88. The molecule has 0 amide bonds. The van der Waals surface area contributed by atoms with E-state index in [1.165, 1.54) is 27.5 Å². The molecule has 3 aromatic rings. The molecule has 0 aromatic carbocycles. The first-order chi connectivity index (χ1) is 9.15. The summed E-state index contributed by atoms with van der Waals surface area (Å²) in [6, 6.07) is 5.87. The molecule has 3 heterocycles. The quantitative estimate of drug-likeness (QED) is 0.646. The van der Waals surface area contributed by atoms with Crippen LogP contribution in [0.5, 0.6) is 0 Å². The number of aromatic nitrogens is 2. The van der Waals surface area contributed by atoms with E-state index >= 15 is 0 Å². The minimum atomic E-state index is -0.109. The van der Waals surface area contributed by atoms with E-state index < -0.39 is 0 Å². The van der Waals surface area contributed by atoms with Crippen molar-refractivity contribution in [3.05, 3.63) is 39.8 Å². The van der Waals surface area contributed by atoms with Gasteiger partial charge in [-0.2, -0.15) is 5.26 Å². The molecule has 0 aliphatic rings. The normalized spacial score (nSPS) is 11.0. The number of rotatable bonds is 1. The Morgan fingerprint density at radius 1 is 1.53 bits per heavy atom. The first-order valence-electron chi connectivity index (χ1n) is 5.55. The molecule has 94 valence electrons. The Hall–Kier alpha value is -1.84. The minimum Gasteiger partial charge on any atom is -0.267 e. The second-order valence-electron chi connectivity index (χ2n) is 4.11. The van der Waals surface area contributed by atoms with E-state index in [-0.39, 0.29) is 5.56 Å². The van der Waals surface area contributed by atoms with Gasteiger partial charge in [-0.05, 0) is 30.9 Å². The number of aryl methyl sites for hydroxylation is 1.